The highest BCUT2D eigenvalue weighted by molar-refractivity contribution is 5.74. The molecule has 6 nitrogen and oxygen atoms in total. The Morgan fingerprint density at radius 3 is 2.89 bits per heavy atom. The van der Waals surface area contributed by atoms with Crippen molar-refractivity contribution in [2.45, 2.75) is 12.5 Å². The number of carbonyl (C=O) groups excluding carboxylic acids is 1. The Kier molecular flexibility index (Phi) is 6.41. The lowest BCUT2D eigenvalue weighted by Gasteiger charge is -2.33. The normalized spacial score (nSPS) is 18.3. The molecule has 2 heterocycles. The number of aliphatic hydroxyl groups is 1. The van der Waals surface area contributed by atoms with Gasteiger partial charge in [0, 0.05) is 25.6 Å². The lowest BCUT2D eigenvalue weighted by atomic mass is 10.0. The lowest BCUT2D eigenvalue weighted by molar-refractivity contribution is -0.0157. The predicted molar refractivity (Wildman–Crippen MR) is 93.0 cm³/mol. The van der Waals surface area contributed by atoms with Crippen molar-refractivity contribution in [1.82, 2.24) is 10.2 Å². The Hall–Kier alpha value is -2.45. The molecule has 2 N–H and O–H groups in total. The predicted octanol–water partition coefficient (Wildman–Crippen LogP) is 2.49. The molecule has 1 aromatic carbocycles. The van der Waals surface area contributed by atoms with Crippen LogP contribution < -0.4 is 5.32 Å². The van der Waals surface area contributed by atoms with Gasteiger partial charge in [-0.1, -0.05) is 6.07 Å². The number of rotatable bonds is 6. The summed E-state index contributed by atoms with van der Waals surface area (Å²) in [6.07, 6.45) is 3.25. The van der Waals surface area contributed by atoms with Crippen LogP contribution in [0.2, 0.25) is 0 Å². The quantitative estimate of drug-likeness (QED) is 0.808. The molecule has 8 heteroatoms. The Morgan fingerprint density at radius 2 is 2.19 bits per heavy atom. The number of hydrogen-bond acceptors (Lipinski definition) is 4. The molecular formula is C19H22F2N2O4. The van der Waals surface area contributed by atoms with Crippen molar-refractivity contribution in [3.05, 3.63) is 59.6 Å². The molecule has 146 valence electrons. The Balaban J connectivity index is 1.53. The summed E-state index contributed by atoms with van der Waals surface area (Å²) < 4.78 is 37.1. The van der Waals surface area contributed by atoms with Crippen molar-refractivity contribution in [3.63, 3.8) is 0 Å². The van der Waals surface area contributed by atoms with E-state index in [1.165, 1.54) is 6.07 Å². The van der Waals surface area contributed by atoms with E-state index >= 15 is 0 Å². The van der Waals surface area contributed by atoms with Gasteiger partial charge in [-0.2, -0.15) is 0 Å². The monoisotopic (exact) mass is 380 g/mol. The molecule has 0 saturated carbocycles. The van der Waals surface area contributed by atoms with Crippen LogP contribution in [0.3, 0.4) is 0 Å². The fourth-order valence-electron chi connectivity index (χ4n) is 3.03. The van der Waals surface area contributed by atoms with Gasteiger partial charge in [-0.15, -0.1) is 0 Å². The van der Waals surface area contributed by atoms with Gasteiger partial charge in [0.15, 0.2) is 11.6 Å². The van der Waals surface area contributed by atoms with E-state index in [2.05, 4.69) is 5.32 Å². The van der Waals surface area contributed by atoms with Crippen LogP contribution in [0.1, 0.15) is 17.2 Å². The fraction of sp³-hybridized carbons (Fsp3) is 0.421. The van der Waals surface area contributed by atoms with Crippen molar-refractivity contribution >= 4 is 6.03 Å². The van der Waals surface area contributed by atoms with E-state index in [4.69, 9.17) is 9.15 Å². The van der Waals surface area contributed by atoms with Crippen LogP contribution in [0.25, 0.3) is 0 Å². The van der Waals surface area contributed by atoms with Crippen molar-refractivity contribution in [3.8, 4) is 0 Å². The molecule has 2 aromatic rings. The summed E-state index contributed by atoms with van der Waals surface area (Å²) in [6.45, 7) is 1.19. The number of ether oxygens (including phenoxy) is 1. The number of amides is 2. The third-order valence-electron chi connectivity index (χ3n) is 4.57. The molecule has 2 atom stereocenters. The third kappa shape index (κ3) is 5.05. The number of aliphatic hydroxyl groups excluding tert-OH is 1. The highest BCUT2D eigenvalue weighted by atomic mass is 19.2. The number of hydrogen-bond donors (Lipinski definition) is 2. The second kappa shape index (κ2) is 8.96. The first-order chi connectivity index (χ1) is 13.1. The molecule has 0 radical (unpaired) electrons. The summed E-state index contributed by atoms with van der Waals surface area (Å²) in [7, 11) is 0. The van der Waals surface area contributed by atoms with Gasteiger partial charge in [0.05, 0.1) is 25.7 Å². The van der Waals surface area contributed by atoms with Gasteiger partial charge in [0.1, 0.15) is 6.10 Å². The van der Waals surface area contributed by atoms with Crippen LogP contribution in [0.5, 0.6) is 0 Å². The molecule has 1 aliphatic heterocycles. The second-order valence-corrected chi connectivity index (χ2v) is 6.55. The smallest absolute Gasteiger partial charge is 0.317 e. The zero-order valence-corrected chi connectivity index (χ0v) is 14.7. The molecular weight excluding hydrogens is 358 g/mol. The number of benzene rings is 1. The molecule has 1 aliphatic rings. The molecule has 0 spiro atoms. The van der Waals surface area contributed by atoms with E-state index in [0.717, 1.165) is 17.7 Å². The number of halogens is 2. The van der Waals surface area contributed by atoms with Crippen LogP contribution in [0.15, 0.2) is 41.2 Å². The standard InChI is InChI=1S/C19H22F2N2O4/c20-16-2-1-15(8-17(16)21)18-10-23(4-6-27-18)19(25)22-9-14(11-24)7-13-3-5-26-12-13/h1-3,5,8,12,14,18,24H,4,6-7,9-11H2,(H,22,25). The fourth-order valence-corrected chi connectivity index (χ4v) is 3.03. The number of carbonyl (C=O) groups is 1. The number of nitrogens with zero attached hydrogens (tertiary/aromatic N) is 1. The zero-order chi connectivity index (χ0) is 19.2. The summed E-state index contributed by atoms with van der Waals surface area (Å²) in [4.78, 5) is 14.0. The second-order valence-electron chi connectivity index (χ2n) is 6.55. The van der Waals surface area contributed by atoms with Crippen LogP contribution in [-0.2, 0) is 11.2 Å². The summed E-state index contributed by atoms with van der Waals surface area (Å²) in [5.41, 5.74) is 1.44. The molecule has 1 aromatic heterocycles. The first-order valence-electron chi connectivity index (χ1n) is 8.78. The van der Waals surface area contributed by atoms with E-state index in [1.807, 2.05) is 6.07 Å². The molecule has 3 rings (SSSR count). The van der Waals surface area contributed by atoms with Gasteiger partial charge in [0.25, 0.3) is 0 Å². The van der Waals surface area contributed by atoms with Gasteiger partial charge in [-0.3, -0.25) is 0 Å². The van der Waals surface area contributed by atoms with E-state index in [-0.39, 0.29) is 25.1 Å². The number of furan rings is 1. The first-order valence-corrected chi connectivity index (χ1v) is 8.78. The molecule has 2 unspecified atom stereocenters. The van der Waals surface area contributed by atoms with Crippen LogP contribution in [0, 0.1) is 17.6 Å². The summed E-state index contributed by atoms with van der Waals surface area (Å²) in [6, 6.07) is 5.13. The summed E-state index contributed by atoms with van der Waals surface area (Å²) >= 11 is 0. The minimum atomic E-state index is -0.942. The molecule has 0 aliphatic carbocycles. The van der Waals surface area contributed by atoms with Crippen LogP contribution in [0.4, 0.5) is 13.6 Å². The molecule has 2 amide bonds. The van der Waals surface area contributed by atoms with Gasteiger partial charge in [-0.25, -0.2) is 13.6 Å². The largest absolute Gasteiger partial charge is 0.472 e. The first kappa shape index (κ1) is 19.3. The maximum Gasteiger partial charge on any atom is 0.317 e. The average molecular weight is 380 g/mol. The summed E-state index contributed by atoms with van der Waals surface area (Å²) in [5, 5.41) is 12.3. The highest BCUT2D eigenvalue weighted by Gasteiger charge is 2.26. The van der Waals surface area contributed by atoms with E-state index < -0.39 is 17.7 Å². The number of morpholine rings is 1. The topological polar surface area (TPSA) is 74.9 Å². The van der Waals surface area contributed by atoms with Crippen LogP contribution >= 0.6 is 0 Å². The average Bonchev–Trinajstić information content (AvgIpc) is 3.20. The van der Waals surface area contributed by atoms with Crippen molar-refractivity contribution in [2.75, 3.05) is 32.8 Å². The Labute approximate surface area is 155 Å². The third-order valence-corrected chi connectivity index (χ3v) is 4.57. The van der Waals surface area contributed by atoms with Gasteiger partial charge in [0.2, 0.25) is 0 Å². The molecule has 1 fully saturated rings. The highest BCUT2D eigenvalue weighted by Crippen LogP contribution is 2.24. The zero-order valence-electron chi connectivity index (χ0n) is 14.7. The number of urea groups is 1. The SMILES string of the molecule is O=C(NCC(CO)Cc1ccoc1)N1CCOC(c2ccc(F)c(F)c2)C1. The van der Waals surface area contributed by atoms with E-state index in [1.54, 1.807) is 17.4 Å². The minimum absolute atomic E-state index is 0.0634. The molecule has 27 heavy (non-hydrogen) atoms. The van der Waals surface area contributed by atoms with E-state index in [0.29, 0.717) is 31.7 Å². The van der Waals surface area contributed by atoms with Crippen LogP contribution in [-0.4, -0.2) is 48.9 Å². The maximum atomic E-state index is 13.4. The van der Waals surface area contributed by atoms with Crippen molar-refractivity contribution < 1.29 is 27.8 Å². The maximum absolute atomic E-state index is 13.4. The lowest BCUT2D eigenvalue weighted by Crippen LogP contribution is -2.48. The summed E-state index contributed by atoms with van der Waals surface area (Å²) in [5.74, 6) is -1.99. The van der Waals surface area contributed by atoms with Crippen molar-refractivity contribution in [1.29, 1.82) is 0 Å². The minimum Gasteiger partial charge on any atom is -0.472 e. The van der Waals surface area contributed by atoms with E-state index in [9.17, 15) is 18.7 Å². The van der Waals surface area contributed by atoms with Crippen molar-refractivity contribution in [2.24, 2.45) is 5.92 Å². The number of nitrogens with one attached hydrogen (secondary N) is 1. The van der Waals surface area contributed by atoms with Gasteiger partial charge < -0.3 is 24.5 Å². The Bertz CT molecular complexity index is 754. The Morgan fingerprint density at radius 1 is 1.33 bits per heavy atom. The van der Waals surface area contributed by atoms with Gasteiger partial charge >= 0.3 is 6.03 Å². The molecule has 0 bridgehead atoms. The van der Waals surface area contributed by atoms with Gasteiger partial charge in [-0.05, 0) is 35.7 Å². The molecule has 1 saturated heterocycles.